The van der Waals surface area contributed by atoms with Crippen LogP contribution in [0.25, 0.3) is 0 Å². The SMILES string of the molecule is O=c1ccn([C@@H](CO)O[C@H](CO)COP(=O)([O-])Oc2ccc([N+](=O)[O-])cc2)c(=O)[nH]1.[NH4+]. The van der Waals surface area contributed by atoms with Gasteiger partial charge < -0.3 is 35.0 Å². The lowest BCUT2D eigenvalue weighted by molar-refractivity contribution is -0.384. The molecular formula is C15H21N4O11P. The molecule has 1 aromatic carbocycles. The van der Waals surface area contributed by atoms with E-state index in [1.54, 1.807) is 0 Å². The number of hydrogen-bond acceptors (Lipinski definition) is 11. The first-order valence-corrected chi connectivity index (χ1v) is 9.69. The summed E-state index contributed by atoms with van der Waals surface area (Å²) in [6.07, 6.45) is -1.60. The van der Waals surface area contributed by atoms with Gasteiger partial charge in [-0.25, -0.2) is 4.79 Å². The molecule has 0 fully saturated rings. The molecule has 2 rings (SSSR count). The number of aromatic amines is 1. The molecule has 1 unspecified atom stereocenters. The van der Waals surface area contributed by atoms with Crippen LogP contribution in [-0.4, -0.2) is 50.6 Å². The van der Waals surface area contributed by atoms with Gasteiger partial charge in [0, 0.05) is 24.4 Å². The minimum Gasteiger partial charge on any atom is -0.746 e. The summed E-state index contributed by atoms with van der Waals surface area (Å²) in [5.41, 5.74) is -1.84. The Labute approximate surface area is 173 Å². The number of aromatic nitrogens is 2. The van der Waals surface area contributed by atoms with Gasteiger partial charge in [-0.2, -0.15) is 0 Å². The summed E-state index contributed by atoms with van der Waals surface area (Å²) in [4.78, 5) is 46.7. The molecule has 31 heavy (non-hydrogen) atoms. The van der Waals surface area contributed by atoms with Crippen molar-refractivity contribution in [1.29, 1.82) is 0 Å². The topological polar surface area (TPSA) is 243 Å². The van der Waals surface area contributed by atoms with Gasteiger partial charge in [0.15, 0.2) is 6.23 Å². The van der Waals surface area contributed by atoms with Crippen LogP contribution in [0.15, 0.2) is 46.1 Å². The number of H-pyrrole nitrogens is 1. The van der Waals surface area contributed by atoms with E-state index in [9.17, 15) is 39.4 Å². The minimum atomic E-state index is -4.95. The molecule has 0 saturated heterocycles. The van der Waals surface area contributed by atoms with Crippen LogP contribution in [-0.2, 0) is 13.8 Å². The van der Waals surface area contributed by atoms with E-state index in [4.69, 9.17) is 4.74 Å². The molecule has 0 spiro atoms. The average molecular weight is 464 g/mol. The van der Waals surface area contributed by atoms with Gasteiger partial charge in [0.2, 0.25) is 0 Å². The molecule has 3 atom stereocenters. The Morgan fingerprint density at radius 3 is 2.32 bits per heavy atom. The van der Waals surface area contributed by atoms with E-state index in [1.807, 2.05) is 4.98 Å². The van der Waals surface area contributed by atoms with Gasteiger partial charge >= 0.3 is 13.5 Å². The maximum atomic E-state index is 11.9. The number of benzene rings is 1. The first-order valence-electron chi connectivity index (χ1n) is 8.23. The number of nitro benzene ring substituents is 1. The molecule has 0 radical (unpaired) electrons. The van der Waals surface area contributed by atoms with Gasteiger partial charge in [-0.3, -0.25) is 29.0 Å². The molecular weight excluding hydrogens is 443 g/mol. The van der Waals surface area contributed by atoms with Crippen LogP contribution in [0.4, 0.5) is 5.69 Å². The summed E-state index contributed by atoms with van der Waals surface area (Å²) in [6, 6.07) is 5.17. The number of nitro groups is 1. The second-order valence-corrected chi connectivity index (χ2v) is 7.02. The number of phosphoric acid groups is 1. The van der Waals surface area contributed by atoms with E-state index >= 15 is 0 Å². The molecule has 7 N–H and O–H groups in total. The predicted octanol–water partition coefficient (Wildman–Crippen LogP) is -0.747. The van der Waals surface area contributed by atoms with Crippen LogP contribution >= 0.6 is 7.82 Å². The third kappa shape index (κ3) is 7.69. The average Bonchev–Trinajstić information content (AvgIpc) is 2.69. The van der Waals surface area contributed by atoms with Gasteiger partial charge in [0.05, 0.1) is 24.7 Å². The second-order valence-electron chi connectivity index (χ2n) is 5.68. The normalized spacial score (nSPS) is 14.7. The zero-order valence-corrected chi connectivity index (χ0v) is 17.0. The fraction of sp³-hybridized carbons (Fsp3) is 0.333. The Hall–Kier alpha value is -2.91. The van der Waals surface area contributed by atoms with Crippen molar-refractivity contribution in [1.82, 2.24) is 15.7 Å². The number of aliphatic hydroxyl groups is 2. The lowest BCUT2D eigenvalue weighted by Crippen LogP contribution is -2.37. The van der Waals surface area contributed by atoms with Crippen molar-refractivity contribution in [3.8, 4) is 5.75 Å². The van der Waals surface area contributed by atoms with Gasteiger partial charge in [-0.15, -0.1) is 0 Å². The summed E-state index contributed by atoms with van der Waals surface area (Å²) in [7, 11) is -4.95. The maximum Gasteiger partial charge on any atom is 0.330 e. The molecule has 0 bridgehead atoms. The summed E-state index contributed by atoms with van der Waals surface area (Å²) in [5, 5.41) is 29.4. The largest absolute Gasteiger partial charge is 0.746 e. The zero-order valence-electron chi connectivity index (χ0n) is 16.2. The number of rotatable bonds is 11. The highest BCUT2D eigenvalue weighted by molar-refractivity contribution is 7.46. The fourth-order valence-electron chi connectivity index (χ4n) is 2.17. The summed E-state index contributed by atoms with van der Waals surface area (Å²) in [5.74, 6) is -0.242. The van der Waals surface area contributed by atoms with Crippen LogP contribution in [0.3, 0.4) is 0 Å². The zero-order chi connectivity index (χ0) is 22.3. The third-order valence-electron chi connectivity index (χ3n) is 3.55. The number of nitrogens with one attached hydrogen (secondary N) is 1. The van der Waals surface area contributed by atoms with Crippen molar-refractivity contribution in [3.05, 3.63) is 67.5 Å². The monoisotopic (exact) mass is 464 g/mol. The standard InChI is InChI=1S/C15H18N3O11P.H3N/c19-7-12(28-14(8-20)17-6-5-13(21)16-15(17)22)9-27-30(25,26)29-11-3-1-10(2-4-11)18(23)24;/h1-6,12,14,19-20H,7-9H2,(H,25,26)(H,16,21,22);1H3/t12-,14-;/m1./s1. The molecule has 172 valence electrons. The fourth-order valence-corrected chi connectivity index (χ4v) is 2.95. The van der Waals surface area contributed by atoms with Crippen LogP contribution < -0.4 is 26.8 Å². The maximum absolute atomic E-state index is 11.9. The molecule has 1 aromatic heterocycles. The summed E-state index contributed by atoms with van der Waals surface area (Å²) in [6.45, 7) is -2.22. The van der Waals surface area contributed by atoms with Crippen LogP contribution in [0.2, 0.25) is 0 Å². The third-order valence-corrected chi connectivity index (χ3v) is 4.45. The van der Waals surface area contributed by atoms with E-state index in [-0.39, 0.29) is 17.6 Å². The van der Waals surface area contributed by atoms with Crippen LogP contribution in [0.1, 0.15) is 6.23 Å². The first-order chi connectivity index (χ1) is 14.1. The van der Waals surface area contributed by atoms with E-state index in [2.05, 4.69) is 9.05 Å². The van der Waals surface area contributed by atoms with Crippen molar-refractivity contribution in [2.45, 2.75) is 12.3 Å². The molecule has 16 heteroatoms. The molecule has 0 aliphatic carbocycles. The Kier molecular flexibility index (Phi) is 9.67. The lowest BCUT2D eigenvalue weighted by atomic mass is 10.3. The van der Waals surface area contributed by atoms with Crippen molar-refractivity contribution in [3.63, 3.8) is 0 Å². The molecule has 0 saturated carbocycles. The predicted molar refractivity (Wildman–Crippen MR) is 103 cm³/mol. The lowest BCUT2D eigenvalue weighted by Gasteiger charge is -2.27. The number of non-ortho nitro benzene ring substituents is 1. The van der Waals surface area contributed by atoms with Gasteiger partial charge in [-0.05, 0) is 12.1 Å². The van der Waals surface area contributed by atoms with Gasteiger partial charge in [0.25, 0.3) is 11.2 Å². The van der Waals surface area contributed by atoms with E-state index in [1.165, 1.54) is 0 Å². The van der Waals surface area contributed by atoms with Crippen molar-refractivity contribution in [2.75, 3.05) is 19.8 Å². The first kappa shape index (κ1) is 26.1. The Balaban J connectivity index is 0.00000480. The van der Waals surface area contributed by atoms with E-state index in [0.717, 1.165) is 41.1 Å². The Morgan fingerprint density at radius 1 is 1.16 bits per heavy atom. The van der Waals surface area contributed by atoms with Crippen LogP contribution in [0.5, 0.6) is 5.75 Å². The number of ether oxygens (including phenoxy) is 1. The minimum absolute atomic E-state index is 0. The second kappa shape index (κ2) is 11.5. The molecule has 2 aromatic rings. The highest BCUT2D eigenvalue weighted by Gasteiger charge is 2.22. The Bertz CT molecular complexity index is 1020. The number of hydrogen-bond donors (Lipinski definition) is 4. The van der Waals surface area contributed by atoms with E-state index in [0.29, 0.717) is 0 Å². The highest BCUT2D eigenvalue weighted by atomic mass is 31.2. The van der Waals surface area contributed by atoms with Crippen molar-refractivity contribution < 1.29 is 38.4 Å². The Morgan fingerprint density at radius 2 is 1.81 bits per heavy atom. The number of aliphatic hydroxyl groups excluding tert-OH is 2. The van der Waals surface area contributed by atoms with E-state index < -0.39 is 56.1 Å². The molecule has 0 aliphatic heterocycles. The quantitative estimate of drug-likeness (QED) is 0.183. The number of phosphoric ester groups is 1. The smallest absolute Gasteiger partial charge is 0.330 e. The molecule has 1 heterocycles. The molecule has 0 aliphatic rings. The summed E-state index contributed by atoms with van der Waals surface area (Å²) >= 11 is 0. The summed E-state index contributed by atoms with van der Waals surface area (Å²) < 4.78 is 27.3. The molecule has 0 amide bonds. The van der Waals surface area contributed by atoms with Crippen molar-refractivity contribution >= 4 is 13.5 Å². The van der Waals surface area contributed by atoms with Gasteiger partial charge in [0.1, 0.15) is 11.9 Å². The molecule has 15 nitrogen and oxygen atoms in total. The highest BCUT2D eigenvalue weighted by Crippen LogP contribution is 2.40. The number of quaternary nitrogens is 1. The van der Waals surface area contributed by atoms with Crippen molar-refractivity contribution in [2.24, 2.45) is 0 Å². The van der Waals surface area contributed by atoms with Crippen LogP contribution in [0, 0.1) is 10.1 Å². The van der Waals surface area contributed by atoms with Gasteiger partial charge in [-0.1, -0.05) is 0 Å². The number of nitrogens with zero attached hydrogens (tertiary/aromatic N) is 2.